The molecule has 0 atom stereocenters. The molecule has 0 aliphatic rings. The predicted molar refractivity (Wildman–Crippen MR) is 48.8 cm³/mol. The molecule has 11 heavy (non-hydrogen) atoms. The van der Waals surface area contributed by atoms with Gasteiger partial charge >= 0.3 is 0 Å². The minimum absolute atomic E-state index is 0.133. The summed E-state index contributed by atoms with van der Waals surface area (Å²) in [4.78, 5) is 5.06. The summed E-state index contributed by atoms with van der Waals surface area (Å²) < 4.78 is 0. The van der Waals surface area contributed by atoms with Crippen LogP contribution in [0.5, 0.6) is 0 Å². The van der Waals surface area contributed by atoms with Crippen LogP contribution < -0.4 is 0 Å². The highest BCUT2D eigenvalue weighted by molar-refractivity contribution is 5.86. The van der Waals surface area contributed by atoms with Crippen molar-refractivity contribution in [2.45, 2.75) is 41.0 Å². The average molecular weight is 157 g/mol. The van der Waals surface area contributed by atoms with Crippen LogP contribution >= 0.6 is 0 Å². The minimum atomic E-state index is 0.133. The van der Waals surface area contributed by atoms with E-state index in [2.05, 4.69) is 32.9 Å². The van der Waals surface area contributed by atoms with E-state index in [1.165, 1.54) is 0 Å². The summed E-state index contributed by atoms with van der Waals surface area (Å²) in [5.41, 5.74) is 1.18. The summed E-state index contributed by atoms with van der Waals surface area (Å²) in [7, 11) is 0. The Morgan fingerprint density at radius 1 is 1.36 bits per heavy atom. The van der Waals surface area contributed by atoms with Crippen molar-refractivity contribution in [3.8, 4) is 0 Å². The molecular weight excluding hydrogens is 138 g/mol. The maximum atomic E-state index is 5.06. The summed E-state index contributed by atoms with van der Waals surface area (Å²) in [6.45, 7) is 11.2. The van der Waals surface area contributed by atoms with Gasteiger partial charge < -0.3 is 4.84 Å². The molecule has 0 heterocycles. The first kappa shape index (κ1) is 10.5. The molecule has 0 saturated carbocycles. The highest BCUT2D eigenvalue weighted by atomic mass is 16.6. The molecule has 0 spiro atoms. The molecule has 0 radical (unpaired) electrons. The van der Waals surface area contributed by atoms with Crippen LogP contribution in [-0.2, 0) is 4.84 Å². The van der Waals surface area contributed by atoms with Crippen LogP contribution in [0, 0.1) is 5.41 Å². The lowest BCUT2D eigenvalue weighted by Crippen LogP contribution is -2.17. The van der Waals surface area contributed by atoms with Crippen LogP contribution in [0.4, 0.5) is 0 Å². The zero-order valence-corrected chi connectivity index (χ0v) is 8.27. The molecule has 0 aliphatic carbocycles. The number of rotatable bonds is 3. The van der Waals surface area contributed by atoms with Gasteiger partial charge in [-0.05, 0) is 13.3 Å². The predicted octanol–water partition coefficient (Wildman–Crippen LogP) is 2.84. The lowest BCUT2D eigenvalue weighted by Gasteiger charge is -2.16. The summed E-state index contributed by atoms with van der Waals surface area (Å²) >= 11 is 0. The SMILES string of the molecule is CCCO/N=C(\C)C(C)(C)C. The van der Waals surface area contributed by atoms with E-state index in [9.17, 15) is 0 Å². The van der Waals surface area contributed by atoms with Gasteiger partial charge in [-0.1, -0.05) is 32.9 Å². The van der Waals surface area contributed by atoms with Crippen molar-refractivity contribution < 1.29 is 4.84 Å². The van der Waals surface area contributed by atoms with Crippen LogP contribution in [0.15, 0.2) is 5.16 Å². The number of oxime groups is 1. The summed E-state index contributed by atoms with van der Waals surface area (Å²) in [6.07, 6.45) is 1.01. The van der Waals surface area contributed by atoms with Crippen molar-refractivity contribution in [3.05, 3.63) is 0 Å². The lowest BCUT2D eigenvalue weighted by atomic mass is 9.91. The number of hydrogen-bond donors (Lipinski definition) is 0. The van der Waals surface area contributed by atoms with E-state index in [4.69, 9.17) is 4.84 Å². The molecule has 2 heteroatoms. The zero-order valence-electron chi connectivity index (χ0n) is 8.27. The molecule has 0 saturated heterocycles. The summed E-state index contributed by atoms with van der Waals surface area (Å²) in [5.74, 6) is 0. The van der Waals surface area contributed by atoms with Crippen LogP contribution in [0.2, 0.25) is 0 Å². The van der Waals surface area contributed by atoms with Gasteiger partial charge in [0.25, 0.3) is 0 Å². The van der Waals surface area contributed by atoms with E-state index in [1.807, 2.05) is 6.92 Å². The Morgan fingerprint density at radius 3 is 2.27 bits per heavy atom. The lowest BCUT2D eigenvalue weighted by molar-refractivity contribution is 0.142. The van der Waals surface area contributed by atoms with Gasteiger partial charge in [-0.2, -0.15) is 0 Å². The largest absolute Gasteiger partial charge is 0.396 e. The quantitative estimate of drug-likeness (QED) is 0.350. The number of hydrogen-bond acceptors (Lipinski definition) is 2. The monoisotopic (exact) mass is 157 g/mol. The van der Waals surface area contributed by atoms with Crippen molar-refractivity contribution in [2.75, 3.05) is 6.61 Å². The fourth-order valence-electron chi connectivity index (χ4n) is 0.371. The van der Waals surface area contributed by atoms with E-state index >= 15 is 0 Å². The van der Waals surface area contributed by atoms with Crippen molar-refractivity contribution in [1.29, 1.82) is 0 Å². The minimum Gasteiger partial charge on any atom is -0.396 e. The fraction of sp³-hybridized carbons (Fsp3) is 0.889. The highest BCUT2D eigenvalue weighted by Gasteiger charge is 2.14. The standard InChI is InChI=1S/C9H19NO/c1-6-7-11-10-8(2)9(3,4)5/h6-7H2,1-5H3/b10-8+. The molecule has 0 rings (SSSR count). The molecule has 0 aliphatic heterocycles. The van der Waals surface area contributed by atoms with E-state index in [0.29, 0.717) is 6.61 Å². The highest BCUT2D eigenvalue weighted by Crippen LogP contribution is 2.15. The molecule has 2 nitrogen and oxygen atoms in total. The Bertz CT molecular complexity index is 133. The Kier molecular flexibility index (Phi) is 4.16. The first-order valence-corrected chi connectivity index (χ1v) is 4.15. The van der Waals surface area contributed by atoms with Crippen molar-refractivity contribution in [2.24, 2.45) is 10.6 Å². The summed E-state index contributed by atoms with van der Waals surface area (Å²) in [6, 6.07) is 0. The van der Waals surface area contributed by atoms with Gasteiger partial charge in [-0.3, -0.25) is 0 Å². The molecule has 0 aromatic rings. The third-order valence-corrected chi connectivity index (χ3v) is 1.58. The van der Waals surface area contributed by atoms with Crippen LogP contribution in [-0.4, -0.2) is 12.3 Å². The topological polar surface area (TPSA) is 21.6 Å². The normalized spacial score (nSPS) is 13.4. The zero-order chi connectivity index (χ0) is 8.91. The second kappa shape index (κ2) is 4.37. The van der Waals surface area contributed by atoms with Crippen molar-refractivity contribution in [1.82, 2.24) is 0 Å². The third kappa shape index (κ3) is 4.82. The Hall–Kier alpha value is -0.530. The number of nitrogens with zero attached hydrogens (tertiary/aromatic N) is 1. The molecule has 0 aromatic carbocycles. The molecule has 0 fully saturated rings. The molecule has 0 aromatic heterocycles. The van der Waals surface area contributed by atoms with E-state index in [0.717, 1.165) is 12.1 Å². The van der Waals surface area contributed by atoms with Gasteiger partial charge in [0.05, 0.1) is 5.71 Å². The first-order chi connectivity index (χ1) is 4.98. The average Bonchev–Trinajstić information content (AvgIpc) is 1.86. The molecule has 0 bridgehead atoms. The first-order valence-electron chi connectivity index (χ1n) is 4.15. The van der Waals surface area contributed by atoms with Crippen LogP contribution in [0.3, 0.4) is 0 Å². The fourth-order valence-corrected chi connectivity index (χ4v) is 0.371. The molecule has 0 unspecified atom stereocenters. The molecule has 0 amide bonds. The van der Waals surface area contributed by atoms with Gasteiger partial charge in [0, 0.05) is 5.41 Å². The Labute approximate surface area is 69.6 Å². The van der Waals surface area contributed by atoms with Gasteiger partial charge in [0.2, 0.25) is 0 Å². The van der Waals surface area contributed by atoms with E-state index in [-0.39, 0.29) is 5.41 Å². The van der Waals surface area contributed by atoms with Gasteiger partial charge in [0.15, 0.2) is 0 Å². The van der Waals surface area contributed by atoms with Crippen LogP contribution in [0.1, 0.15) is 41.0 Å². The molecule has 66 valence electrons. The smallest absolute Gasteiger partial charge is 0.116 e. The molecular formula is C9H19NO. The Balaban J connectivity index is 3.81. The summed E-state index contributed by atoms with van der Waals surface area (Å²) in [5, 5.41) is 4.00. The third-order valence-electron chi connectivity index (χ3n) is 1.58. The second-order valence-electron chi connectivity index (χ2n) is 3.76. The van der Waals surface area contributed by atoms with Crippen LogP contribution in [0.25, 0.3) is 0 Å². The molecule has 0 N–H and O–H groups in total. The van der Waals surface area contributed by atoms with E-state index in [1.54, 1.807) is 0 Å². The van der Waals surface area contributed by atoms with E-state index < -0.39 is 0 Å². The van der Waals surface area contributed by atoms with Gasteiger partial charge in [-0.15, -0.1) is 0 Å². The second-order valence-corrected chi connectivity index (χ2v) is 3.76. The van der Waals surface area contributed by atoms with Crippen molar-refractivity contribution in [3.63, 3.8) is 0 Å². The van der Waals surface area contributed by atoms with Gasteiger partial charge in [-0.25, -0.2) is 0 Å². The van der Waals surface area contributed by atoms with Crippen molar-refractivity contribution >= 4 is 5.71 Å². The Morgan fingerprint density at radius 2 is 1.91 bits per heavy atom. The maximum absolute atomic E-state index is 5.06. The van der Waals surface area contributed by atoms with Gasteiger partial charge in [0.1, 0.15) is 6.61 Å². The maximum Gasteiger partial charge on any atom is 0.116 e.